The SMILES string of the molecule is CC(CCNS(=O)(=O)c1ccccc1)NC(=O)c1cnc(C(=O)O)cn1. The molecule has 2 aromatic rings. The maximum Gasteiger partial charge on any atom is 0.356 e. The highest BCUT2D eigenvalue weighted by atomic mass is 32.2. The minimum absolute atomic E-state index is 0.0216. The number of hydrogen-bond donors (Lipinski definition) is 3. The van der Waals surface area contributed by atoms with Crippen LogP contribution in [0.15, 0.2) is 47.6 Å². The van der Waals surface area contributed by atoms with Gasteiger partial charge in [0.2, 0.25) is 10.0 Å². The Hall–Kier alpha value is -2.85. The van der Waals surface area contributed by atoms with Gasteiger partial charge in [0.05, 0.1) is 17.3 Å². The van der Waals surface area contributed by atoms with Crippen LogP contribution in [0.5, 0.6) is 0 Å². The Morgan fingerprint density at radius 1 is 1.12 bits per heavy atom. The second-order valence-electron chi connectivity index (χ2n) is 5.47. The Bertz CT molecular complexity index is 869. The Kier molecular flexibility index (Phi) is 6.36. The molecular weight excluding hydrogens is 360 g/mol. The van der Waals surface area contributed by atoms with Crippen molar-refractivity contribution in [2.45, 2.75) is 24.3 Å². The van der Waals surface area contributed by atoms with Crippen LogP contribution in [0.1, 0.15) is 34.3 Å². The summed E-state index contributed by atoms with van der Waals surface area (Å²) in [6.07, 6.45) is 2.43. The maximum absolute atomic E-state index is 12.1. The first-order chi connectivity index (χ1) is 12.3. The first-order valence-electron chi connectivity index (χ1n) is 7.70. The second-order valence-corrected chi connectivity index (χ2v) is 7.23. The molecule has 1 unspecified atom stereocenters. The fourth-order valence-electron chi connectivity index (χ4n) is 2.02. The summed E-state index contributed by atoms with van der Waals surface area (Å²) >= 11 is 0. The van der Waals surface area contributed by atoms with Crippen molar-refractivity contribution >= 4 is 21.9 Å². The lowest BCUT2D eigenvalue weighted by Crippen LogP contribution is -2.36. The Balaban J connectivity index is 1.84. The third-order valence-corrected chi connectivity index (χ3v) is 4.88. The van der Waals surface area contributed by atoms with E-state index >= 15 is 0 Å². The number of carbonyl (C=O) groups excluding carboxylic acids is 1. The summed E-state index contributed by atoms with van der Waals surface area (Å²) in [4.78, 5) is 30.3. The fraction of sp³-hybridized carbons (Fsp3) is 0.250. The predicted molar refractivity (Wildman–Crippen MR) is 92.2 cm³/mol. The van der Waals surface area contributed by atoms with Crippen molar-refractivity contribution in [1.82, 2.24) is 20.0 Å². The van der Waals surface area contributed by atoms with Crippen molar-refractivity contribution in [3.8, 4) is 0 Å². The Morgan fingerprint density at radius 3 is 2.31 bits per heavy atom. The van der Waals surface area contributed by atoms with Crippen molar-refractivity contribution < 1.29 is 23.1 Å². The standard InChI is InChI=1S/C16H18N4O5S/c1-11(7-8-19-26(24,25)12-5-3-2-4-6-12)20-15(21)13-9-18-14(10-17-13)16(22)23/h2-6,9-11,19H,7-8H2,1H3,(H,20,21)(H,22,23). The number of aromatic carboxylic acids is 1. The molecule has 138 valence electrons. The summed E-state index contributed by atoms with van der Waals surface area (Å²) in [5, 5.41) is 11.4. The third kappa shape index (κ3) is 5.33. The van der Waals surface area contributed by atoms with E-state index in [1.807, 2.05) is 0 Å². The van der Waals surface area contributed by atoms with Crippen molar-refractivity contribution in [1.29, 1.82) is 0 Å². The molecule has 1 atom stereocenters. The molecule has 0 bridgehead atoms. The van der Waals surface area contributed by atoms with Gasteiger partial charge in [0.15, 0.2) is 5.69 Å². The van der Waals surface area contributed by atoms with E-state index in [-0.39, 0.29) is 28.9 Å². The molecule has 0 radical (unpaired) electrons. The molecule has 1 aromatic carbocycles. The maximum atomic E-state index is 12.1. The first-order valence-corrected chi connectivity index (χ1v) is 9.19. The number of rotatable bonds is 8. The normalized spacial score (nSPS) is 12.3. The van der Waals surface area contributed by atoms with Crippen LogP contribution in [0.2, 0.25) is 0 Å². The zero-order valence-corrected chi connectivity index (χ0v) is 14.7. The molecule has 9 nitrogen and oxygen atoms in total. The molecule has 1 heterocycles. The fourth-order valence-corrected chi connectivity index (χ4v) is 3.09. The lowest BCUT2D eigenvalue weighted by Gasteiger charge is -2.14. The molecular formula is C16H18N4O5S. The zero-order chi connectivity index (χ0) is 19.2. The molecule has 0 saturated heterocycles. The van der Waals surface area contributed by atoms with E-state index in [9.17, 15) is 18.0 Å². The van der Waals surface area contributed by atoms with Gasteiger partial charge in [-0.3, -0.25) is 4.79 Å². The number of amides is 1. The van der Waals surface area contributed by atoms with Crippen LogP contribution in [0.25, 0.3) is 0 Å². The number of benzene rings is 1. The summed E-state index contributed by atoms with van der Waals surface area (Å²) < 4.78 is 26.6. The lowest BCUT2D eigenvalue weighted by atomic mass is 10.2. The van der Waals surface area contributed by atoms with Crippen LogP contribution in [-0.4, -0.2) is 48.0 Å². The van der Waals surface area contributed by atoms with E-state index < -0.39 is 21.9 Å². The van der Waals surface area contributed by atoms with E-state index in [4.69, 9.17) is 5.11 Å². The molecule has 0 spiro atoms. The number of carboxylic acid groups (broad SMARTS) is 1. The predicted octanol–water partition coefficient (Wildman–Crippen LogP) is 0.662. The summed E-state index contributed by atoms with van der Waals surface area (Å²) in [5.41, 5.74) is -0.281. The molecule has 0 saturated carbocycles. The lowest BCUT2D eigenvalue weighted by molar-refractivity contribution is 0.0688. The van der Waals surface area contributed by atoms with Gasteiger partial charge in [0.25, 0.3) is 5.91 Å². The number of carbonyl (C=O) groups is 2. The number of sulfonamides is 1. The van der Waals surface area contributed by atoms with Gasteiger partial charge < -0.3 is 10.4 Å². The summed E-state index contributed by atoms with van der Waals surface area (Å²) in [5.74, 6) is -1.75. The monoisotopic (exact) mass is 378 g/mol. The smallest absolute Gasteiger partial charge is 0.356 e. The van der Waals surface area contributed by atoms with Gasteiger partial charge in [0.1, 0.15) is 5.69 Å². The second kappa shape index (κ2) is 8.50. The molecule has 26 heavy (non-hydrogen) atoms. The van der Waals surface area contributed by atoms with Crippen LogP contribution < -0.4 is 10.0 Å². The van der Waals surface area contributed by atoms with Gasteiger partial charge in [-0.1, -0.05) is 18.2 Å². The molecule has 0 aliphatic heterocycles. The molecule has 1 aromatic heterocycles. The van der Waals surface area contributed by atoms with Crippen LogP contribution >= 0.6 is 0 Å². The van der Waals surface area contributed by atoms with Crippen molar-refractivity contribution in [3.05, 3.63) is 54.1 Å². The van der Waals surface area contributed by atoms with Gasteiger partial charge in [-0.15, -0.1) is 0 Å². The summed E-state index contributed by atoms with van der Waals surface area (Å²) in [6, 6.07) is 7.65. The van der Waals surface area contributed by atoms with Gasteiger partial charge in [0, 0.05) is 12.6 Å². The minimum Gasteiger partial charge on any atom is -0.476 e. The Labute approximate surface area is 150 Å². The molecule has 0 fully saturated rings. The van der Waals surface area contributed by atoms with Gasteiger partial charge in [-0.05, 0) is 25.5 Å². The number of nitrogens with zero attached hydrogens (tertiary/aromatic N) is 2. The highest BCUT2D eigenvalue weighted by molar-refractivity contribution is 7.89. The zero-order valence-electron chi connectivity index (χ0n) is 13.9. The van der Waals surface area contributed by atoms with Gasteiger partial charge >= 0.3 is 5.97 Å². The average molecular weight is 378 g/mol. The van der Waals surface area contributed by atoms with Crippen LogP contribution in [0.3, 0.4) is 0 Å². The van der Waals surface area contributed by atoms with E-state index in [2.05, 4.69) is 20.0 Å². The van der Waals surface area contributed by atoms with Gasteiger partial charge in [-0.25, -0.2) is 27.9 Å². The third-order valence-electron chi connectivity index (χ3n) is 3.40. The molecule has 1 amide bonds. The average Bonchev–Trinajstić information content (AvgIpc) is 2.62. The largest absolute Gasteiger partial charge is 0.476 e. The highest BCUT2D eigenvalue weighted by Crippen LogP contribution is 2.07. The van der Waals surface area contributed by atoms with Crippen LogP contribution in [0.4, 0.5) is 0 Å². The van der Waals surface area contributed by atoms with Crippen molar-refractivity contribution in [2.75, 3.05) is 6.54 Å². The van der Waals surface area contributed by atoms with Crippen LogP contribution in [0, 0.1) is 0 Å². The van der Waals surface area contributed by atoms with Crippen molar-refractivity contribution in [3.63, 3.8) is 0 Å². The number of carboxylic acids is 1. The Morgan fingerprint density at radius 2 is 1.73 bits per heavy atom. The van der Waals surface area contributed by atoms with Crippen LogP contribution in [-0.2, 0) is 10.0 Å². The molecule has 10 heteroatoms. The molecule has 0 aliphatic carbocycles. The number of nitrogens with one attached hydrogen (secondary N) is 2. The molecule has 0 aliphatic rings. The first kappa shape index (κ1) is 19.5. The number of aromatic nitrogens is 2. The topological polar surface area (TPSA) is 138 Å². The van der Waals surface area contributed by atoms with Gasteiger partial charge in [-0.2, -0.15) is 0 Å². The minimum atomic E-state index is -3.59. The highest BCUT2D eigenvalue weighted by Gasteiger charge is 2.15. The van der Waals surface area contributed by atoms with E-state index in [1.54, 1.807) is 25.1 Å². The quantitative estimate of drug-likeness (QED) is 0.613. The number of hydrogen-bond acceptors (Lipinski definition) is 6. The molecule has 2 rings (SSSR count). The molecule has 3 N–H and O–H groups in total. The van der Waals surface area contributed by atoms with E-state index in [0.29, 0.717) is 6.42 Å². The van der Waals surface area contributed by atoms with E-state index in [1.165, 1.54) is 12.1 Å². The van der Waals surface area contributed by atoms with Crippen molar-refractivity contribution in [2.24, 2.45) is 0 Å². The summed E-state index contributed by atoms with van der Waals surface area (Å²) in [7, 11) is -3.59. The van der Waals surface area contributed by atoms with E-state index in [0.717, 1.165) is 12.4 Å². The summed E-state index contributed by atoms with van der Waals surface area (Å²) in [6.45, 7) is 1.86.